The van der Waals surface area contributed by atoms with Crippen molar-refractivity contribution in [2.24, 2.45) is 0 Å². The van der Waals surface area contributed by atoms with Gasteiger partial charge in [-0.1, -0.05) is 42.0 Å². The summed E-state index contributed by atoms with van der Waals surface area (Å²) >= 11 is 0. The van der Waals surface area contributed by atoms with E-state index in [9.17, 15) is 4.79 Å². The number of hydrogen-bond donors (Lipinski definition) is 1. The summed E-state index contributed by atoms with van der Waals surface area (Å²) in [5.41, 5.74) is 5.12. The van der Waals surface area contributed by atoms with E-state index in [0.717, 1.165) is 11.3 Å². The van der Waals surface area contributed by atoms with Crippen molar-refractivity contribution < 1.29 is 4.79 Å². The lowest BCUT2D eigenvalue weighted by Gasteiger charge is -2.38. The van der Waals surface area contributed by atoms with Crippen LogP contribution < -0.4 is 5.32 Å². The van der Waals surface area contributed by atoms with Crippen LogP contribution in [0.2, 0.25) is 0 Å². The monoisotopic (exact) mass is 292 g/mol. The molecule has 0 aromatic heterocycles. The van der Waals surface area contributed by atoms with Gasteiger partial charge in [-0.15, -0.1) is 6.58 Å². The molecule has 1 amide bonds. The molecule has 112 valence electrons. The van der Waals surface area contributed by atoms with Crippen LogP contribution in [0.1, 0.15) is 33.2 Å². The molecule has 3 nitrogen and oxygen atoms in total. The largest absolute Gasteiger partial charge is 0.361 e. The molecule has 1 atom stereocenters. The van der Waals surface area contributed by atoms with Crippen LogP contribution in [0.3, 0.4) is 0 Å². The molecule has 1 heterocycles. The minimum absolute atomic E-state index is 0.0409. The molecule has 0 fully saturated rings. The molecule has 1 unspecified atom stereocenters. The van der Waals surface area contributed by atoms with Crippen LogP contribution in [0.4, 0.5) is 5.69 Å². The normalized spacial score (nSPS) is 16.9. The second-order valence-corrected chi connectivity index (χ2v) is 5.70. The second-order valence-electron chi connectivity index (χ2n) is 5.70. The zero-order chi connectivity index (χ0) is 15.7. The quantitative estimate of drug-likeness (QED) is 0.865. The summed E-state index contributed by atoms with van der Waals surface area (Å²) < 4.78 is 0. The number of amides is 1. The SMILES string of the molecule is C=CCN1C(=O)c2ccccc2NC1c1ccc(C)cc1C. The lowest BCUT2D eigenvalue weighted by Crippen LogP contribution is -2.43. The van der Waals surface area contributed by atoms with E-state index in [2.05, 4.69) is 43.9 Å². The molecule has 0 saturated heterocycles. The fraction of sp³-hybridized carbons (Fsp3) is 0.211. The molecule has 0 bridgehead atoms. The van der Waals surface area contributed by atoms with Crippen molar-refractivity contribution in [3.05, 3.63) is 77.4 Å². The van der Waals surface area contributed by atoms with Gasteiger partial charge < -0.3 is 10.2 Å². The summed E-state index contributed by atoms with van der Waals surface area (Å²) in [5.74, 6) is 0.0409. The predicted octanol–water partition coefficient (Wildman–Crippen LogP) is 4.06. The lowest BCUT2D eigenvalue weighted by molar-refractivity contribution is 0.0707. The number of rotatable bonds is 3. The molecule has 2 aromatic rings. The Kier molecular flexibility index (Phi) is 3.72. The highest BCUT2D eigenvalue weighted by atomic mass is 16.2. The van der Waals surface area contributed by atoms with Gasteiger partial charge in [-0.25, -0.2) is 0 Å². The second kappa shape index (κ2) is 5.68. The lowest BCUT2D eigenvalue weighted by atomic mass is 9.99. The summed E-state index contributed by atoms with van der Waals surface area (Å²) in [6.45, 7) is 8.46. The van der Waals surface area contributed by atoms with Crippen molar-refractivity contribution in [3.8, 4) is 0 Å². The Hall–Kier alpha value is -2.55. The van der Waals surface area contributed by atoms with Gasteiger partial charge in [0.2, 0.25) is 0 Å². The molecular formula is C19H20N2O. The van der Waals surface area contributed by atoms with E-state index in [-0.39, 0.29) is 12.1 Å². The minimum Gasteiger partial charge on any atom is -0.361 e. The van der Waals surface area contributed by atoms with E-state index < -0.39 is 0 Å². The van der Waals surface area contributed by atoms with Gasteiger partial charge in [0, 0.05) is 12.2 Å². The number of fused-ring (bicyclic) bond motifs is 1. The fourth-order valence-corrected chi connectivity index (χ4v) is 3.00. The Morgan fingerprint density at radius 1 is 1.23 bits per heavy atom. The standard InChI is InChI=1S/C19H20N2O/c1-4-11-21-18(15-10-9-13(2)12-14(15)3)20-17-8-6-5-7-16(17)19(21)22/h4-10,12,18,20H,1,11H2,2-3H3. The molecule has 0 radical (unpaired) electrons. The van der Waals surface area contributed by atoms with Crippen molar-refractivity contribution in [2.45, 2.75) is 20.0 Å². The highest BCUT2D eigenvalue weighted by Crippen LogP contribution is 2.34. The van der Waals surface area contributed by atoms with Crippen LogP contribution in [-0.4, -0.2) is 17.4 Å². The number of carbonyl (C=O) groups is 1. The van der Waals surface area contributed by atoms with E-state index in [4.69, 9.17) is 0 Å². The van der Waals surface area contributed by atoms with Crippen molar-refractivity contribution in [3.63, 3.8) is 0 Å². The van der Waals surface area contributed by atoms with Crippen LogP contribution in [0.15, 0.2) is 55.1 Å². The molecule has 1 N–H and O–H groups in total. The topological polar surface area (TPSA) is 32.3 Å². The average molecular weight is 292 g/mol. The Labute approximate surface area is 131 Å². The van der Waals surface area contributed by atoms with Crippen LogP contribution in [0.25, 0.3) is 0 Å². The summed E-state index contributed by atoms with van der Waals surface area (Å²) in [7, 11) is 0. The Bertz CT molecular complexity index is 736. The maximum Gasteiger partial charge on any atom is 0.258 e. The molecule has 1 aliphatic rings. The van der Waals surface area contributed by atoms with Gasteiger partial charge in [-0.3, -0.25) is 4.79 Å². The van der Waals surface area contributed by atoms with Crippen molar-refractivity contribution >= 4 is 11.6 Å². The number of nitrogens with zero attached hydrogens (tertiary/aromatic N) is 1. The van der Waals surface area contributed by atoms with Crippen LogP contribution in [-0.2, 0) is 0 Å². The van der Waals surface area contributed by atoms with Crippen LogP contribution in [0.5, 0.6) is 0 Å². The van der Waals surface area contributed by atoms with Gasteiger partial charge >= 0.3 is 0 Å². The maximum atomic E-state index is 12.8. The maximum absolute atomic E-state index is 12.8. The Balaban J connectivity index is 2.09. The fourth-order valence-electron chi connectivity index (χ4n) is 3.00. The first kappa shape index (κ1) is 14.4. The molecule has 22 heavy (non-hydrogen) atoms. The van der Waals surface area contributed by atoms with E-state index in [1.807, 2.05) is 29.2 Å². The zero-order valence-electron chi connectivity index (χ0n) is 13.0. The number of aryl methyl sites for hydroxylation is 2. The molecular weight excluding hydrogens is 272 g/mol. The zero-order valence-corrected chi connectivity index (χ0v) is 13.0. The molecule has 3 rings (SSSR count). The average Bonchev–Trinajstić information content (AvgIpc) is 2.50. The molecule has 0 aliphatic carbocycles. The van der Waals surface area contributed by atoms with E-state index in [1.165, 1.54) is 11.1 Å². The molecule has 0 spiro atoms. The van der Waals surface area contributed by atoms with Gasteiger partial charge in [-0.05, 0) is 37.1 Å². The van der Waals surface area contributed by atoms with E-state index in [1.54, 1.807) is 6.08 Å². The smallest absolute Gasteiger partial charge is 0.258 e. The molecule has 0 saturated carbocycles. The van der Waals surface area contributed by atoms with Crippen LogP contribution in [0, 0.1) is 13.8 Å². The third-order valence-corrected chi connectivity index (χ3v) is 4.07. The molecule has 1 aliphatic heterocycles. The van der Waals surface area contributed by atoms with Crippen LogP contribution >= 0.6 is 0 Å². The van der Waals surface area contributed by atoms with Gasteiger partial charge in [0.25, 0.3) is 5.91 Å². The van der Waals surface area contributed by atoms with E-state index in [0.29, 0.717) is 12.1 Å². The third-order valence-electron chi connectivity index (χ3n) is 4.07. The highest BCUT2D eigenvalue weighted by molar-refractivity contribution is 6.01. The summed E-state index contributed by atoms with van der Waals surface area (Å²) in [4.78, 5) is 14.6. The first-order valence-electron chi connectivity index (χ1n) is 7.46. The Morgan fingerprint density at radius 2 is 2.00 bits per heavy atom. The van der Waals surface area contributed by atoms with E-state index >= 15 is 0 Å². The summed E-state index contributed by atoms with van der Waals surface area (Å²) in [5, 5.41) is 3.50. The number of hydrogen-bond acceptors (Lipinski definition) is 2. The van der Waals surface area contributed by atoms with Gasteiger partial charge in [-0.2, -0.15) is 0 Å². The van der Waals surface area contributed by atoms with Gasteiger partial charge in [0.05, 0.1) is 5.56 Å². The van der Waals surface area contributed by atoms with Crippen molar-refractivity contribution in [1.29, 1.82) is 0 Å². The number of carbonyl (C=O) groups excluding carboxylic acids is 1. The molecule has 3 heteroatoms. The number of nitrogens with one attached hydrogen (secondary N) is 1. The summed E-state index contributed by atoms with van der Waals surface area (Å²) in [6.07, 6.45) is 1.60. The third kappa shape index (κ3) is 2.39. The molecule has 2 aromatic carbocycles. The highest BCUT2D eigenvalue weighted by Gasteiger charge is 2.32. The Morgan fingerprint density at radius 3 is 2.73 bits per heavy atom. The number of anilines is 1. The number of para-hydroxylation sites is 1. The van der Waals surface area contributed by atoms with Gasteiger partial charge in [0.15, 0.2) is 0 Å². The summed E-state index contributed by atoms with van der Waals surface area (Å²) in [6, 6.07) is 14.0. The first-order chi connectivity index (χ1) is 10.6. The van der Waals surface area contributed by atoms with Crippen molar-refractivity contribution in [2.75, 3.05) is 11.9 Å². The van der Waals surface area contributed by atoms with Gasteiger partial charge in [0.1, 0.15) is 6.17 Å². The minimum atomic E-state index is -0.166. The van der Waals surface area contributed by atoms with Crippen molar-refractivity contribution in [1.82, 2.24) is 4.90 Å². The predicted molar refractivity (Wildman–Crippen MR) is 90.0 cm³/mol. The number of benzene rings is 2. The first-order valence-corrected chi connectivity index (χ1v) is 7.46.